The molecule has 104 valence electrons. The van der Waals surface area contributed by atoms with Crippen molar-refractivity contribution in [2.45, 2.75) is 25.7 Å². The van der Waals surface area contributed by atoms with Crippen molar-refractivity contribution in [1.82, 2.24) is 14.3 Å². The summed E-state index contributed by atoms with van der Waals surface area (Å²) >= 11 is 0. The fourth-order valence-corrected chi connectivity index (χ4v) is 3.66. The number of rotatable bonds is 3. The lowest BCUT2D eigenvalue weighted by Gasteiger charge is -2.21. The van der Waals surface area contributed by atoms with Gasteiger partial charge in [-0.3, -0.25) is 9.36 Å². The molecule has 3 rings (SSSR count). The number of hydrogen-bond donors (Lipinski definition) is 1. The van der Waals surface area contributed by atoms with Gasteiger partial charge in [-0.2, -0.15) is 0 Å². The van der Waals surface area contributed by atoms with Crippen molar-refractivity contribution < 1.29 is 0 Å². The van der Waals surface area contributed by atoms with E-state index in [2.05, 4.69) is 10.4 Å². The largest absolute Gasteiger partial charge is 0.364 e. The number of aromatic nitrogens is 3. The van der Waals surface area contributed by atoms with Gasteiger partial charge in [0.1, 0.15) is 0 Å². The normalized spacial score (nSPS) is 28.8. The van der Waals surface area contributed by atoms with E-state index in [0.29, 0.717) is 5.92 Å². The molecule has 0 amide bonds. The van der Waals surface area contributed by atoms with E-state index in [-0.39, 0.29) is 11.4 Å². The fourth-order valence-electron chi connectivity index (χ4n) is 3.66. The van der Waals surface area contributed by atoms with Gasteiger partial charge in [-0.25, -0.2) is 9.48 Å². The molecule has 2 saturated carbocycles. The molecule has 19 heavy (non-hydrogen) atoms. The highest BCUT2D eigenvalue weighted by Crippen LogP contribution is 2.48. The Morgan fingerprint density at radius 2 is 2.05 bits per heavy atom. The lowest BCUT2D eigenvalue weighted by atomic mass is 9.89. The van der Waals surface area contributed by atoms with E-state index < -0.39 is 5.69 Å². The van der Waals surface area contributed by atoms with Crippen molar-refractivity contribution in [3.05, 3.63) is 20.8 Å². The maximum atomic E-state index is 11.9. The maximum absolute atomic E-state index is 11.9. The average molecular weight is 264 g/mol. The van der Waals surface area contributed by atoms with Crippen LogP contribution in [0.5, 0.6) is 0 Å². The highest BCUT2D eigenvalue weighted by molar-refractivity contribution is 5.29. The third kappa shape index (κ3) is 2.09. The number of nitrogens with one attached hydrogen (secondary N) is 1. The van der Waals surface area contributed by atoms with E-state index in [0.717, 1.165) is 22.9 Å². The van der Waals surface area contributed by atoms with E-state index in [1.807, 2.05) is 0 Å². The maximum Gasteiger partial charge on any atom is 0.346 e. The molecule has 2 fully saturated rings. The second-order valence-corrected chi connectivity index (χ2v) is 5.93. The smallest absolute Gasteiger partial charge is 0.346 e. The molecule has 6 nitrogen and oxygen atoms in total. The number of fused-ring (bicyclic) bond motifs is 2. The van der Waals surface area contributed by atoms with E-state index in [1.54, 1.807) is 7.05 Å². The third-order valence-corrected chi connectivity index (χ3v) is 4.74. The standard InChI is InChI=1S/C13H20N4O2/c1-16-12(18)11(15-17(2)13(16)19)14-7-10-6-8-3-4-9(10)5-8/h8-10H,3-7H2,1-2H3,(H,14,15). The third-order valence-electron chi connectivity index (χ3n) is 4.74. The van der Waals surface area contributed by atoms with Crippen molar-refractivity contribution in [3.63, 3.8) is 0 Å². The summed E-state index contributed by atoms with van der Waals surface area (Å²) in [4.78, 5) is 23.5. The highest BCUT2D eigenvalue weighted by Gasteiger charge is 2.39. The topological polar surface area (TPSA) is 68.9 Å². The summed E-state index contributed by atoms with van der Waals surface area (Å²) in [6.07, 6.45) is 5.32. The van der Waals surface area contributed by atoms with Crippen LogP contribution in [0.1, 0.15) is 25.7 Å². The first-order chi connectivity index (χ1) is 9.06. The Bertz CT molecular complexity index is 604. The lowest BCUT2D eigenvalue weighted by Crippen LogP contribution is -2.40. The number of nitrogens with zero attached hydrogens (tertiary/aromatic N) is 3. The van der Waals surface area contributed by atoms with Crippen LogP contribution in [-0.2, 0) is 14.1 Å². The van der Waals surface area contributed by atoms with Gasteiger partial charge in [0.15, 0.2) is 0 Å². The van der Waals surface area contributed by atoms with Crippen LogP contribution in [0, 0.1) is 17.8 Å². The molecule has 6 heteroatoms. The van der Waals surface area contributed by atoms with Crippen LogP contribution in [0.25, 0.3) is 0 Å². The molecule has 0 aliphatic heterocycles. The quantitative estimate of drug-likeness (QED) is 0.854. The Hall–Kier alpha value is -1.59. The first-order valence-electron chi connectivity index (χ1n) is 6.94. The molecule has 1 N–H and O–H groups in total. The molecule has 2 bridgehead atoms. The molecule has 1 heterocycles. The number of anilines is 1. The number of aryl methyl sites for hydroxylation is 1. The summed E-state index contributed by atoms with van der Waals surface area (Å²) in [5.74, 6) is 2.65. The van der Waals surface area contributed by atoms with Crippen molar-refractivity contribution in [2.24, 2.45) is 31.8 Å². The minimum atomic E-state index is -0.393. The van der Waals surface area contributed by atoms with Crippen LogP contribution < -0.4 is 16.6 Å². The zero-order valence-corrected chi connectivity index (χ0v) is 11.4. The van der Waals surface area contributed by atoms with Crippen LogP contribution in [0.2, 0.25) is 0 Å². The molecule has 3 unspecified atom stereocenters. The summed E-state index contributed by atoms with van der Waals surface area (Å²) in [6, 6.07) is 0. The predicted octanol–water partition coefficient (Wildman–Crippen LogP) is 0.327. The summed E-state index contributed by atoms with van der Waals surface area (Å²) < 4.78 is 2.29. The molecular formula is C13H20N4O2. The van der Waals surface area contributed by atoms with Gasteiger partial charge in [0, 0.05) is 20.6 Å². The van der Waals surface area contributed by atoms with Gasteiger partial charge < -0.3 is 5.32 Å². The molecule has 1 aromatic heterocycles. The van der Waals surface area contributed by atoms with Gasteiger partial charge in [0.25, 0.3) is 5.56 Å². The Morgan fingerprint density at radius 3 is 2.68 bits per heavy atom. The summed E-state index contributed by atoms with van der Waals surface area (Å²) in [5.41, 5.74) is -0.735. The summed E-state index contributed by atoms with van der Waals surface area (Å²) in [6.45, 7) is 0.793. The Kier molecular flexibility index (Phi) is 2.95. The van der Waals surface area contributed by atoms with Crippen molar-refractivity contribution >= 4 is 5.82 Å². The molecule has 3 atom stereocenters. The van der Waals surface area contributed by atoms with Gasteiger partial charge in [0.2, 0.25) is 5.82 Å². The highest BCUT2D eigenvalue weighted by atomic mass is 16.2. The average Bonchev–Trinajstić information content (AvgIpc) is 3.01. The van der Waals surface area contributed by atoms with E-state index >= 15 is 0 Å². The Balaban J connectivity index is 1.74. The molecule has 2 aliphatic carbocycles. The molecule has 2 aliphatic rings. The molecule has 1 aromatic rings. The molecule has 0 aromatic carbocycles. The lowest BCUT2D eigenvalue weighted by molar-refractivity contribution is 0.347. The zero-order chi connectivity index (χ0) is 13.6. The Labute approximate surface area is 111 Å². The van der Waals surface area contributed by atoms with Gasteiger partial charge >= 0.3 is 5.69 Å². The SMILES string of the molecule is Cn1nc(NCC2CC3CCC2C3)c(=O)n(C)c1=O. The summed E-state index contributed by atoms with van der Waals surface area (Å²) in [7, 11) is 3.04. The first kappa shape index (κ1) is 12.4. The fraction of sp³-hybridized carbons (Fsp3) is 0.769. The predicted molar refractivity (Wildman–Crippen MR) is 72.1 cm³/mol. The Morgan fingerprint density at radius 1 is 1.26 bits per heavy atom. The van der Waals surface area contributed by atoms with Crippen LogP contribution in [0.3, 0.4) is 0 Å². The van der Waals surface area contributed by atoms with Crippen LogP contribution in [0.15, 0.2) is 9.59 Å². The second kappa shape index (κ2) is 4.51. The van der Waals surface area contributed by atoms with Crippen LogP contribution in [0.4, 0.5) is 5.82 Å². The molecule has 0 spiro atoms. The summed E-state index contributed by atoms with van der Waals surface area (Å²) in [5, 5.41) is 7.16. The van der Waals surface area contributed by atoms with Gasteiger partial charge in [0.05, 0.1) is 0 Å². The second-order valence-electron chi connectivity index (χ2n) is 5.93. The van der Waals surface area contributed by atoms with Gasteiger partial charge in [-0.1, -0.05) is 6.42 Å². The van der Waals surface area contributed by atoms with Gasteiger partial charge in [-0.05, 0) is 37.0 Å². The van der Waals surface area contributed by atoms with Crippen molar-refractivity contribution in [3.8, 4) is 0 Å². The van der Waals surface area contributed by atoms with E-state index in [9.17, 15) is 9.59 Å². The van der Waals surface area contributed by atoms with E-state index in [4.69, 9.17) is 0 Å². The molecular weight excluding hydrogens is 244 g/mol. The minimum absolute atomic E-state index is 0.285. The molecule has 0 radical (unpaired) electrons. The van der Waals surface area contributed by atoms with Crippen LogP contribution in [-0.4, -0.2) is 20.9 Å². The number of hydrogen-bond acceptors (Lipinski definition) is 4. The van der Waals surface area contributed by atoms with Gasteiger partial charge in [-0.15, -0.1) is 5.10 Å². The zero-order valence-electron chi connectivity index (χ0n) is 11.4. The minimum Gasteiger partial charge on any atom is -0.364 e. The van der Waals surface area contributed by atoms with Crippen molar-refractivity contribution in [1.29, 1.82) is 0 Å². The molecule has 0 saturated heterocycles. The van der Waals surface area contributed by atoms with Crippen LogP contribution >= 0.6 is 0 Å². The first-order valence-corrected chi connectivity index (χ1v) is 6.94. The van der Waals surface area contributed by atoms with E-state index in [1.165, 1.54) is 37.4 Å². The van der Waals surface area contributed by atoms with Crippen molar-refractivity contribution in [2.75, 3.05) is 11.9 Å². The monoisotopic (exact) mass is 264 g/mol.